The van der Waals surface area contributed by atoms with Gasteiger partial charge >= 0.3 is 0 Å². The van der Waals surface area contributed by atoms with E-state index in [9.17, 15) is 10.1 Å². The number of rotatable bonds is 4. The average Bonchev–Trinajstić information content (AvgIpc) is 2.95. The summed E-state index contributed by atoms with van der Waals surface area (Å²) in [6.45, 7) is 3.21. The summed E-state index contributed by atoms with van der Waals surface area (Å²) in [4.78, 5) is 15.1. The Balaban J connectivity index is 2.13. The molecule has 0 fully saturated rings. The summed E-state index contributed by atoms with van der Waals surface area (Å²) in [7, 11) is 0. The van der Waals surface area contributed by atoms with Gasteiger partial charge in [-0.15, -0.1) is 0 Å². The van der Waals surface area contributed by atoms with Crippen LogP contribution in [0, 0.1) is 10.1 Å². The summed E-state index contributed by atoms with van der Waals surface area (Å²) >= 11 is 0. The number of aromatic nitrogens is 1. The van der Waals surface area contributed by atoms with Crippen molar-refractivity contribution in [3.63, 3.8) is 0 Å². The Morgan fingerprint density at radius 2 is 2.29 bits per heavy atom. The zero-order valence-corrected chi connectivity index (χ0v) is 11.6. The number of benzene rings is 1. The highest BCUT2D eigenvalue weighted by Crippen LogP contribution is 2.37. The number of anilines is 1. The van der Waals surface area contributed by atoms with Gasteiger partial charge in [0.1, 0.15) is 11.6 Å². The Morgan fingerprint density at radius 1 is 1.43 bits per heavy atom. The van der Waals surface area contributed by atoms with Crippen LogP contribution in [0.4, 0.5) is 11.5 Å². The van der Waals surface area contributed by atoms with Crippen LogP contribution < -0.4 is 10.1 Å². The summed E-state index contributed by atoms with van der Waals surface area (Å²) in [6, 6.07) is 8.74. The van der Waals surface area contributed by atoms with E-state index in [-0.39, 0.29) is 5.69 Å². The highest BCUT2D eigenvalue weighted by Gasteiger charge is 2.20. The smallest absolute Gasteiger partial charge is 0.275 e. The van der Waals surface area contributed by atoms with E-state index in [2.05, 4.69) is 10.3 Å². The third kappa shape index (κ3) is 2.52. The minimum atomic E-state index is -0.407. The fraction of sp³-hybridized carbons (Fsp3) is 0.267. The van der Waals surface area contributed by atoms with Crippen LogP contribution in [0.15, 0.2) is 30.3 Å². The van der Waals surface area contributed by atoms with E-state index in [0.717, 1.165) is 23.3 Å². The third-order valence-corrected chi connectivity index (χ3v) is 3.37. The molecule has 1 aliphatic rings. The van der Waals surface area contributed by atoms with Crippen LogP contribution in [0.1, 0.15) is 12.5 Å². The molecular weight excluding hydrogens is 270 g/mol. The minimum Gasteiger partial charge on any atom is -0.492 e. The van der Waals surface area contributed by atoms with Gasteiger partial charge in [-0.3, -0.25) is 10.1 Å². The molecule has 2 heterocycles. The maximum Gasteiger partial charge on any atom is 0.275 e. The number of nitro groups is 1. The van der Waals surface area contributed by atoms with Gasteiger partial charge in [0.2, 0.25) is 0 Å². The zero-order chi connectivity index (χ0) is 14.8. The van der Waals surface area contributed by atoms with Gasteiger partial charge in [-0.1, -0.05) is 12.1 Å². The van der Waals surface area contributed by atoms with E-state index < -0.39 is 4.92 Å². The van der Waals surface area contributed by atoms with Gasteiger partial charge in [0.25, 0.3) is 5.69 Å². The van der Waals surface area contributed by atoms with E-state index in [0.29, 0.717) is 24.7 Å². The lowest BCUT2D eigenvalue weighted by atomic mass is 10.0. The fourth-order valence-electron chi connectivity index (χ4n) is 2.45. The van der Waals surface area contributed by atoms with Crippen molar-refractivity contribution >= 4 is 11.5 Å². The molecule has 0 bridgehead atoms. The molecule has 0 radical (unpaired) electrons. The van der Waals surface area contributed by atoms with Crippen molar-refractivity contribution in [1.82, 2.24) is 4.98 Å². The van der Waals surface area contributed by atoms with Crippen LogP contribution in [0.25, 0.3) is 11.3 Å². The largest absolute Gasteiger partial charge is 0.492 e. The number of ether oxygens (including phenoxy) is 1. The summed E-state index contributed by atoms with van der Waals surface area (Å²) in [5.74, 6) is 1.28. The fourth-order valence-corrected chi connectivity index (χ4v) is 2.45. The van der Waals surface area contributed by atoms with E-state index in [1.807, 2.05) is 25.1 Å². The van der Waals surface area contributed by atoms with Crippen LogP contribution in [0.2, 0.25) is 0 Å². The molecule has 3 rings (SSSR count). The van der Waals surface area contributed by atoms with Crippen LogP contribution >= 0.6 is 0 Å². The van der Waals surface area contributed by atoms with Crippen LogP contribution in [0.5, 0.6) is 5.75 Å². The molecule has 1 aliphatic heterocycles. The van der Waals surface area contributed by atoms with Gasteiger partial charge in [0.15, 0.2) is 0 Å². The van der Waals surface area contributed by atoms with Gasteiger partial charge in [-0.25, -0.2) is 4.98 Å². The topological polar surface area (TPSA) is 77.3 Å². The molecule has 1 N–H and O–H groups in total. The molecule has 0 amide bonds. The highest BCUT2D eigenvalue weighted by atomic mass is 16.6. The van der Waals surface area contributed by atoms with Gasteiger partial charge in [-0.05, 0) is 18.6 Å². The zero-order valence-electron chi connectivity index (χ0n) is 11.6. The molecule has 0 spiro atoms. The standard InChI is InChI=1S/C15H15N3O3/c1-2-16-14-9-11(18(19)20)8-13(17-14)12-5-3-4-10-6-7-21-15(10)12/h3-5,8-9H,2,6-7H2,1H3,(H,16,17). The van der Waals surface area contributed by atoms with Gasteiger partial charge in [0.05, 0.1) is 23.3 Å². The van der Waals surface area contributed by atoms with Gasteiger partial charge in [-0.2, -0.15) is 0 Å². The molecule has 0 saturated heterocycles. The predicted molar refractivity (Wildman–Crippen MR) is 79.7 cm³/mol. The number of pyridine rings is 1. The van der Waals surface area contributed by atoms with Crippen molar-refractivity contribution in [2.75, 3.05) is 18.5 Å². The quantitative estimate of drug-likeness (QED) is 0.690. The average molecular weight is 285 g/mol. The number of nitrogens with one attached hydrogen (secondary N) is 1. The number of hydrogen-bond donors (Lipinski definition) is 1. The Morgan fingerprint density at radius 3 is 3.05 bits per heavy atom. The molecule has 1 aromatic heterocycles. The highest BCUT2D eigenvalue weighted by molar-refractivity contribution is 5.73. The third-order valence-electron chi connectivity index (χ3n) is 3.37. The molecular formula is C15H15N3O3. The normalized spacial score (nSPS) is 12.6. The van der Waals surface area contributed by atoms with E-state index in [1.54, 1.807) is 0 Å². The van der Waals surface area contributed by atoms with Crippen molar-refractivity contribution in [2.24, 2.45) is 0 Å². The Hall–Kier alpha value is -2.63. The predicted octanol–water partition coefficient (Wildman–Crippen LogP) is 3.02. The Kier molecular flexibility index (Phi) is 3.43. The Labute approximate surface area is 121 Å². The first-order valence-corrected chi connectivity index (χ1v) is 6.84. The first kappa shape index (κ1) is 13.4. The van der Waals surface area contributed by atoms with Crippen molar-refractivity contribution in [1.29, 1.82) is 0 Å². The van der Waals surface area contributed by atoms with Crippen molar-refractivity contribution in [3.05, 3.63) is 46.0 Å². The second-order valence-electron chi connectivity index (χ2n) is 4.78. The van der Waals surface area contributed by atoms with Crippen molar-refractivity contribution in [2.45, 2.75) is 13.3 Å². The van der Waals surface area contributed by atoms with Crippen molar-refractivity contribution in [3.8, 4) is 17.0 Å². The van der Waals surface area contributed by atoms with Crippen LogP contribution in [-0.2, 0) is 6.42 Å². The summed E-state index contributed by atoms with van der Waals surface area (Å²) in [5.41, 5.74) is 2.49. The summed E-state index contributed by atoms with van der Waals surface area (Å²) in [6.07, 6.45) is 0.859. The van der Waals surface area contributed by atoms with E-state index in [1.165, 1.54) is 12.1 Å². The minimum absolute atomic E-state index is 0.0200. The van der Waals surface area contributed by atoms with E-state index >= 15 is 0 Å². The first-order chi connectivity index (χ1) is 10.2. The molecule has 0 unspecified atom stereocenters. The molecule has 6 heteroatoms. The molecule has 21 heavy (non-hydrogen) atoms. The lowest BCUT2D eigenvalue weighted by molar-refractivity contribution is -0.384. The second-order valence-corrected chi connectivity index (χ2v) is 4.78. The molecule has 0 aliphatic carbocycles. The molecule has 108 valence electrons. The van der Waals surface area contributed by atoms with Crippen LogP contribution in [0.3, 0.4) is 0 Å². The monoisotopic (exact) mass is 285 g/mol. The van der Waals surface area contributed by atoms with E-state index in [4.69, 9.17) is 4.74 Å². The number of fused-ring (bicyclic) bond motifs is 1. The molecule has 0 atom stereocenters. The molecule has 1 aromatic carbocycles. The first-order valence-electron chi connectivity index (χ1n) is 6.84. The SMILES string of the molecule is CCNc1cc([N+](=O)[O-])cc(-c2cccc3c2OCC3)n1. The lowest BCUT2D eigenvalue weighted by Gasteiger charge is -2.09. The number of para-hydroxylation sites is 1. The molecule has 0 saturated carbocycles. The van der Waals surface area contributed by atoms with Crippen LogP contribution in [-0.4, -0.2) is 23.1 Å². The molecule has 6 nitrogen and oxygen atoms in total. The van der Waals surface area contributed by atoms with Gasteiger partial charge in [0, 0.05) is 24.6 Å². The molecule has 2 aromatic rings. The maximum atomic E-state index is 11.1. The maximum absolute atomic E-state index is 11.1. The second kappa shape index (κ2) is 5.40. The van der Waals surface area contributed by atoms with Gasteiger partial charge < -0.3 is 10.1 Å². The lowest BCUT2D eigenvalue weighted by Crippen LogP contribution is -2.02. The summed E-state index contributed by atoms with van der Waals surface area (Å²) in [5, 5.41) is 14.1. The Bertz CT molecular complexity index is 701. The number of nitrogens with zero attached hydrogens (tertiary/aromatic N) is 2. The number of hydrogen-bond acceptors (Lipinski definition) is 5. The van der Waals surface area contributed by atoms with Crippen molar-refractivity contribution < 1.29 is 9.66 Å². The summed E-state index contributed by atoms with van der Waals surface area (Å²) < 4.78 is 5.65.